The number of ketones is 1. The van der Waals surface area contributed by atoms with E-state index in [1.54, 1.807) is 11.0 Å². The van der Waals surface area contributed by atoms with Gasteiger partial charge in [-0.05, 0) is 99.2 Å². The third-order valence-electron chi connectivity index (χ3n) is 7.80. The summed E-state index contributed by atoms with van der Waals surface area (Å²) < 4.78 is 5.73. The van der Waals surface area contributed by atoms with E-state index in [1.807, 2.05) is 68.4 Å². The lowest BCUT2D eigenvalue weighted by atomic mass is 9.93. The van der Waals surface area contributed by atoms with Crippen molar-refractivity contribution >= 4 is 28.8 Å². The zero-order chi connectivity index (χ0) is 27.0. The number of rotatable bonds is 6. The Kier molecular flexibility index (Phi) is 6.98. The molecule has 1 unspecified atom stereocenters. The number of aliphatic hydroxyl groups excluding tert-OH is 1. The van der Waals surface area contributed by atoms with E-state index < -0.39 is 17.7 Å². The number of nitrogens with zero attached hydrogens (tertiary/aromatic N) is 2. The topological polar surface area (TPSA) is 70.1 Å². The molecule has 0 aliphatic carbocycles. The normalized spacial score (nSPS) is 18.3. The van der Waals surface area contributed by atoms with Crippen LogP contribution < -0.4 is 14.5 Å². The van der Waals surface area contributed by atoms with Crippen LogP contribution in [0.3, 0.4) is 0 Å². The minimum absolute atomic E-state index is 0.100. The van der Waals surface area contributed by atoms with Crippen LogP contribution in [-0.2, 0) is 16.0 Å². The average molecular weight is 511 g/mol. The summed E-state index contributed by atoms with van der Waals surface area (Å²) >= 11 is 0. The molecule has 1 amide bonds. The second kappa shape index (κ2) is 10.4. The van der Waals surface area contributed by atoms with Crippen molar-refractivity contribution in [1.82, 2.24) is 0 Å². The number of carbonyl (C=O) groups excluding carboxylic acids is 2. The van der Waals surface area contributed by atoms with Crippen molar-refractivity contribution in [3.05, 3.63) is 94.1 Å². The molecule has 6 heteroatoms. The molecule has 1 N–H and O–H groups in total. The SMILES string of the molecule is CCN(CC)c1ccc(C2/C(=C(/O)c3ccc4c(c3)CCCO4)C(=O)C(=O)N2c2cccc(C)c2C)cc1. The van der Waals surface area contributed by atoms with Crippen LogP contribution in [0.1, 0.15) is 54.1 Å². The highest BCUT2D eigenvalue weighted by Crippen LogP contribution is 2.44. The van der Waals surface area contributed by atoms with Gasteiger partial charge in [0.05, 0.1) is 18.2 Å². The van der Waals surface area contributed by atoms with E-state index in [4.69, 9.17) is 4.74 Å². The highest BCUT2D eigenvalue weighted by atomic mass is 16.5. The molecule has 6 nitrogen and oxygen atoms in total. The van der Waals surface area contributed by atoms with E-state index in [1.165, 1.54) is 0 Å². The molecule has 2 aliphatic heterocycles. The minimum Gasteiger partial charge on any atom is -0.507 e. The number of Topliss-reactive ketones (excluding diaryl/α,β-unsaturated/α-hetero) is 1. The first-order valence-corrected chi connectivity index (χ1v) is 13.3. The molecule has 3 aromatic rings. The first-order valence-electron chi connectivity index (χ1n) is 13.3. The molecule has 0 saturated carbocycles. The van der Waals surface area contributed by atoms with Gasteiger partial charge in [0.2, 0.25) is 0 Å². The van der Waals surface area contributed by atoms with Crippen LogP contribution >= 0.6 is 0 Å². The number of fused-ring (bicyclic) bond motifs is 1. The lowest BCUT2D eigenvalue weighted by Gasteiger charge is -2.28. The Labute approximate surface area is 224 Å². The molecular weight excluding hydrogens is 476 g/mol. The van der Waals surface area contributed by atoms with Gasteiger partial charge < -0.3 is 14.7 Å². The number of hydrogen-bond donors (Lipinski definition) is 1. The molecule has 0 aromatic heterocycles. The van der Waals surface area contributed by atoms with E-state index >= 15 is 0 Å². The van der Waals surface area contributed by atoms with E-state index in [-0.39, 0.29) is 11.3 Å². The Balaban J connectivity index is 1.69. The maximum Gasteiger partial charge on any atom is 0.300 e. The molecule has 0 radical (unpaired) electrons. The van der Waals surface area contributed by atoms with Crippen molar-refractivity contribution in [3.63, 3.8) is 0 Å². The summed E-state index contributed by atoms with van der Waals surface area (Å²) in [6.45, 7) is 10.6. The number of aliphatic hydroxyl groups is 1. The van der Waals surface area contributed by atoms with Gasteiger partial charge in [-0.15, -0.1) is 0 Å². The smallest absolute Gasteiger partial charge is 0.300 e. The van der Waals surface area contributed by atoms with Gasteiger partial charge in [0, 0.05) is 30.0 Å². The van der Waals surface area contributed by atoms with Crippen LogP contribution in [0.5, 0.6) is 5.75 Å². The molecule has 5 rings (SSSR count). The van der Waals surface area contributed by atoms with Gasteiger partial charge in [-0.25, -0.2) is 0 Å². The summed E-state index contributed by atoms with van der Waals surface area (Å²) in [6, 6.07) is 18.4. The van der Waals surface area contributed by atoms with Gasteiger partial charge in [-0.1, -0.05) is 24.3 Å². The van der Waals surface area contributed by atoms with Crippen LogP contribution in [0.15, 0.2) is 66.2 Å². The molecule has 3 aromatic carbocycles. The lowest BCUT2D eigenvalue weighted by molar-refractivity contribution is -0.132. The first kappa shape index (κ1) is 25.6. The Hall–Kier alpha value is -4.06. The van der Waals surface area contributed by atoms with Crippen LogP contribution in [0.2, 0.25) is 0 Å². The van der Waals surface area contributed by atoms with Crippen LogP contribution in [0, 0.1) is 13.8 Å². The second-order valence-corrected chi connectivity index (χ2v) is 9.93. The molecule has 1 fully saturated rings. The lowest BCUT2D eigenvalue weighted by Crippen LogP contribution is -2.30. The van der Waals surface area contributed by atoms with E-state index in [0.717, 1.165) is 59.6 Å². The van der Waals surface area contributed by atoms with Crippen molar-refractivity contribution in [3.8, 4) is 5.75 Å². The number of amides is 1. The van der Waals surface area contributed by atoms with E-state index in [2.05, 4.69) is 18.7 Å². The van der Waals surface area contributed by atoms with Gasteiger partial charge in [0.15, 0.2) is 0 Å². The summed E-state index contributed by atoms with van der Waals surface area (Å²) in [5.41, 5.74) is 6.05. The Morgan fingerprint density at radius 2 is 1.76 bits per heavy atom. The third kappa shape index (κ3) is 4.34. The van der Waals surface area contributed by atoms with E-state index in [0.29, 0.717) is 17.9 Å². The van der Waals surface area contributed by atoms with Crippen LogP contribution in [0.25, 0.3) is 5.76 Å². The monoisotopic (exact) mass is 510 g/mol. The fourth-order valence-electron chi connectivity index (χ4n) is 5.51. The Bertz CT molecular complexity index is 1420. The standard InChI is InChI=1S/C32H34N2O4/c1-5-33(6-2)25-15-12-22(13-16-25)29-28(30(35)24-14-17-27-23(19-24)10-8-18-38-27)31(36)32(37)34(29)26-11-7-9-20(3)21(26)4/h7,9,11-17,19,29,35H,5-6,8,10,18H2,1-4H3/b30-28-. The van der Waals surface area contributed by atoms with Crippen molar-refractivity contribution in [2.75, 3.05) is 29.5 Å². The fourth-order valence-corrected chi connectivity index (χ4v) is 5.51. The number of anilines is 2. The number of aryl methyl sites for hydroxylation is 2. The highest BCUT2D eigenvalue weighted by Gasteiger charge is 2.47. The summed E-state index contributed by atoms with van der Waals surface area (Å²) in [7, 11) is 0. The number of ether oxygens (including phenoxy) is 1. The summed E-state index contributed by atoms with van der Waals surface area (Å²) in [4.78, 5) is 31.0. The molecular formula is C32H34N2O4. The van der Waals surface area contributed by atoms with Gasteiger partial charge in [0.25, 0.3) is 11.7 Å². The van der Waals surface area contributed by atoms with E-state index in [9.17, 15) is 14.7 Å². The first-order chi connectivity index (χ1) is 18.3. The third-order valence-corrected chi connectivity index (χ3v) is 7.80. The predicted molar refractivity (Wildman–Crippen MR) is 151 cm³/mol. The molecule has 38 heavy (non-hydrogen) atoms. The molecule has 0 spiro atoms. The number of carbonyl (C=O) groups is 2. The van der Waals surface area contributed by atoms with Crippen molar-refractivity contribution in [2.24, 2.45) is 0 Å². The molecule has 0 bridgehead atoms. The van der Waals surface area contributed by atoms with Crippen molar-refractivity contribution in [1.29, 1.82) is 0 Å². The summed E-state index contributed by atoms with van der Waals surface area (Å²) in [6.07, 6.45) is 1.73. The Morgan fingerprint density at radius 1 is 1.03 bits per heavy atom. The number of hydrogen-bond acceptors (Lipinski definition) is 5. The molecule has 1 atom stereocenters. The maximum absolute atomic E-state index is 13.6. The second-order valence-electron chi connectivity index (χ2n) is 9.93. The van der Waals surface area contributed by atoms with Crippen molar-refractivity contribution < 1.29 is 19.4 Å². The van der Waals surface area contributed by atoms with Gasteiger partial charge >= 0.3 is 0 Å². The molecule has 2 aliphatic rings. The van der Waals surface area contributed by atoms with Crippen LogP contribution in [0.4, 0.5) is 11.4 Å². The number of benzene rings is 3. The maximum atomic E-state index is 13.6. The zero-order valence-corrected chi connectivity index (χ0v) is 22.5. The zero-order valence-electron chi connectivity index (χ0n) is 22.5. The van der Waals surface area contributed by atoms with Gasteiger partial charge in [-0.2, -0.15) is 0 Å². The molecule has 1 saturated heterocycles. The summed E-state index contributed by atoms with van der Waals surface area (Å²) in [5, 5.41) is 11.6. The Morgan fingerprint density at radius 3 is 2.47 bits per heavy atom. The minimum atomic E-state index is -0.756. The van der Waals surface area contributed by atoms with Gasteiger partial charge in [0.1, 0.15) is 11.5 Å². The van der Waals surface area contributed by atoms with Gasteiger partial charge in [-0.3, -0.25) is 14.5 Å². The predicted octanol–water partition coefficient (Wildman–Crippen LogP) is 6.10. The molecule has 196 valence electrons. The highest BCUT2D eigenvalue weighted by molar-refractivity contribution is 6.51. The van der Waals surface area contributed by atoms with Crippen molar-refractivity contribution in [2.45, 2.75) is 46.6 Å². The average Bonchev–Trinajstić information content (AvgIpc) is 3.20. The van der Waals surface area contributed by atoms with Crippen LogP contribution in [-0.4, -0.2) is 36.5 Å². The quantitative estimate of drug-likeness (QED) is 0.246. The fraction of sp³-hybridized carbons (Fsp3) is 0.312. The largest absolute Gasteiger partial charge is 0.507 e. The molecule has 2 heterocycles. The summed E-state index contributed by atoms with van der Waals surface area (Å²) in [5.74, 6) is -0.691.